The van der Waals surface area contributed by atoms with Crippen LogP contribution in [-0.4, -0.2) is 9.97 Å². The van der Waals surface area contributed by atoms with Crippen molar-refractivity contribution in [2.45, 2.75) is 19.8 Å². The first-order valence-corrected chi connectivity index (χ1v) is 7.17. The number of benzene rings is 1. The molecule has 0 aliphatic heterocycles. The second kappa shape index (κ2) is 4.97. The zero-order valence-corrected chi connectivity index (χ0v) is 11.5. The summed E-state index contributed by atoms with van der Waals surface area (Å²) >= 11 is 1.57. The van der Waals surface area contributed by atoms with Crippen LogP contribution in [0.15, 0.2) is 41.2 Å². The normalized spacial score (nSPS) is 11.0. The van der Waals surface area contributed by atoms with E-state index in [1.807, 2.05) is 36.4 Å². The molecule has 1 N–H and O–H groups in total. The van der Waals surface area contributed by atoms with Gasteiger partial charge in [-0.1, -0.05) is 37.3 Å². The number of thiophene rings is 1. The number of hydrogen-bond acceptors (Lipinski definition) is 3. The Hall–Kier alpha value is -1.94. The number of fused-ring (bicyclic) bond motifs is 1. The summed E-state index contributed by atoms with van der Waals surface area (Å²) in [5.41, 5.74) is 1.09. The lowest BCUT2D eigenvalue weighted by molar-refractivity contribution is 0.838. The Morgan fingerprint density at radius 1 is 1.26 bits per heavy atom. The van der Waals surface area contributed by atoms with Crippen molar-refractivity contribution in [2.75, 3.05) is 0 Å². The molecule has 0 unspecified atom stereocenters. The van der Waals surface area contributed by atoms with Gasteiger partial charge >= 0.3 is 0 Å². The lowest BCUT2D eigenvalue weighted by atomic mass is 10.2. The van der Waals surface area contributed by atoms with Gasteiger partial charge in [0.15, 0.2) is 0 Å². The number of nitrogens with zero attached hydrogens (tertiary/aromatic N) is 1. The van der Waals surface area contributed by atoms with Gasteiger partial charge in [0.05, 0.1) is 5.39 Å². The number of hydrogen-bond donors (Lipinski definition) is 1. The average Bonchev–Trinajstić information content (AvgIpc) is 2.85. The van der Waals surface area contributed by atoms with Gasteiger partial charge in [-0.15, -0.1) is 11.3 Å². The number of aromatic amines is 1. The number of nitrogens with one attached hydrogen (secondary N) is 1. The molecule has 0 atom stereocenters. The van der Waals surface area contributed by atoms with Crippen LogP contribution in [0.25, 0.3) is 20.7 Å². The third-order valence-corrected chi connectivity index (χ3v) is 4.07. The van der Waals surface area contributed by atoms with E-state index in [4.69, 9.17) is 0 Å². The van der Waals surface area contributed by atoms with Gasteiger partial charge in [0.2, 0.25) is 0 Å². The molecule has 3 nitrogen and oxygen atoms in total. The lowest BCUT2D eigenvalue weighted by Gasteiger charge is -1.96. The SMILES string of the molecule is CCCc1nc2sc(-c3ccccc3)cc2c(=O)[nH]1. The maximum Gasteiger partial charge on any atom is 0.259 e. The van der Waals surface area contributed by atoms with Crippen LogP contribution in [0, 0.1) is 0 Å². The van der Waals surface area contributed by atoms with Gasteiger partial charge in [-0.05, 0) is 18.1 Å². The van der Waals surface area contributed by atoms with Crippen molar-refractivity contribution in [3.05, 3.63) is 52.6 Å². The van der Waals surface area contributed by atoms with Gasteiger partial charge in [-0.2, -0.15) is 0 Å². The van der Waals surface area contributed by atoms with Gasteiger partial charge in [0.1, 0.15) is 10.7 Å². The molecule has 0 amide bonds. The summed E-state index contributed by atoms with van der Waals surface area (Å²) < 4.78 is 0. The molecule has 2 aromatic heterocycles. The predicted octanol–water partition coefficient (Wildman–Crippen LogP) is 3.60. The number of aromatic nitrogens is 2. The Morgan fingerprint density at radius 2 is 2.05 bits per heavy atom. The minimum Gasteiger partial charge on any atom is -0.310 e. The molecule has 0 radical (unpaired) electrons. The summed E-state index contributed by atoms with van der Waals surface area (Å²) in [6.45, 7) is 2.08. The first-order valence-electron chi connectivity index (χ1n) is 6.36. The molecule has 0 saturated carbocycles. The van der Waals surface area contributed by atoms with Crippen LogP contribution >= 0.6 is 11.3 Å². The Kier molecular flexibility index (Phi) is 3.17. The standard InChI is InChI=1S/C15H14N2OS/c1-2-6-13-16-14(18)11-9-12(19-15(11)17-13)10-7-4-3-5-8-10/h3-5,7-9H,2,6H2,1H3,(H,16,17,18). The van der Waals surface area contributed by atoms with E-state index in [0.29, 0.717) is 5.39 Å². The van der Waals surface area contributed by atoms with Gasteiger partial charge in [-0.25, -0.2) is 4.98 Å². The Morgan fingerprint density at radius 3 is 2.79 bits per heavy atom. The Bertz CT molecular complexity index is 759. The van der Waals surface area contributed by atoms with Crippen molar-refractivity contribution >= 4 is 21.6 Å². The fourth-order valence-electron chi connectivity index (χ4n) is 2.08. The Labute approximate surface area is 115 Å². The number of aryl methyl sites for hydroxylation is 1. The van der Waals surface area contributed by atoms with E-state index in [1.165, 1.54) is 0 Å². The third-order valence-electron chi connectivity index (χ3n) is 3.00. The molecule has 4 heteroatoms. The first-order chi connectivity index (χ1) is 9.28. The largest absolute Gasteiger partial charge is 0.310 e. The van der Waals surface area contributed by atoms with Crippen LogP contribution in [0.1, 0.15) is 19.2 Å². The maximum atomic E-state index is 12.0. The summed E-state index contributed by atoms with van der Waals surface area (Å²) in [5, 5.41) is 0.684. The highest BCUT2D eigenvalue weighted by molar-refractivity contribution is 7.21. The quantitative estimate of drug-likeness (QED) is 0.790. The molecule has 0 spiro atoms. The van der Waals surface area contributed by atoms with E-state index in [9.17, 15) is 4.79 Å². The van der Waals surface area contributed by atoms with E-state index >= 15 is 0 Å². The number of H-pyrrole nitrogens is 1. The van der Waals surface area contributed by atoms with Crippen LogP contribution < -0.4 is 5.56 Å². The molecule has 0 saturated heterocycles. The summed E-state index contributed by atoms with van der Waals surface area (Å²) in [7, 11) is 0. The molecule has 2 heterocycles. The maximum absolute atomic E-state index is 12.0. The second-order valence-corrected chi connectivity index (χ2v) is 5.49. The van der Waals surface area contributed by atoms with Crippen molar-refractivity contribution in [3.63, 3.8) is 0 Å². The highest BCUT2D eigenvalue weighted by Crippen LogP contribution is 2.30. The molecular formula is C15H14N2OS. The molecule has 0 aliphatic rings. The van der Waals surface area contributed by atoms with E-state index in [1.54, 1.807) is 11.3 Å². The average molecular weight is 270 g/mol. The van der Waals surface area contributed by atoms with Crippen LogP contribution in [0.2, 0.25) is 0 Å². The molecule has 19 heavy (non-hydrogen) atoms. The van der Waals surface area contributed by atoms with Crippen molar-refractivity contribution in [1.29, 1.82) is 0 Å². The monoisotopic (exact) mass is 270 g/mol. The van der Waals surface area contributed by atoms with Crippen molar-refractivity contribution in [1.82, 2.24) is 9.97 Å². The first kappa shape index (κ1) is 12.1. The zero-order valence-electron chi connectivity index (χ0n) is 10.6. The van der Waals surface area contributed by atoms with Gasteiger partial charge in [-0.3, -0.25) is 4.79 Å². The fraction of sp³-hybridized carbons (Fsp3) is 0.200. The molecule has 0 bridgehead atoms. The van der Waals surface area contributed by atoms with Crippen LogP contribution in [-0.2, 0) is 6.42 Å². The topological polar surface area (TPSA) is 45.8 Å². The van der Waals surface area contributed by atoms with Crippen molar-refractivity contribution in [3.8, 4) is 10.4 Å². The van der Waals surface area contributed by atoms with E-state index in [2.05, 4.69) is 16.9 Å². The molecule has 3 rings (SSSR count). The van der Waals surface area contributed by atoms with Crippen LogP contribution in [0.5, 0.6) is 0 Å². The lowest BCUT2D eigenvalue weighted by Crippen LogP contribution is -2.10. The molecule has 1 aromatic carbocycles. The van der Waals surface area contributed by atoms with Crippen LogP contribution in [0.4, 0.5) is 0 Å². The van der Waals surface area contributed by atoms with E-state index < -0.39 is 0 Å². The zero-order chi connectivity index (χ0) is 13.2. The summed E-state index contributed by atoms with van der Waals surface area (Å²) in [6.07, 6.45) is 1.79. The van der Waals surface area contributed by atoms with Gasteiger partial charge in [0.25, 0.3) is 5.56 Å². The molecule has 3 aromatic rings. The molecule has 96 valence electrons. The van der Waals surface area contributed by atoms with Crippen LogP contribution in [0.3, 0.4) is 0 Å². The highest BCUT2D eigenvalue weighted by Gasteiger charge is 2.09. The third kappa shape index (κ3) is 2.31. The van der Waals surface area contributed by atoms with Gasteiger partial charge in [0, 0.05) is 11.3 Å². The minimum atomic E-state index is -0.0353. The summed E-state index contributed by atoms with van der Waals surface area (Å²) in [6, 6.07) is 12.0. The van der Waals surface area contributed by atoms with E-state index in [0.717, 1.165) is 33.9 Å². The highest BCUT2D eigenvalue weighted by atomic mass is 32.1. The van der Waals surface area contributed by atoms with Crippen molar-refractivity contribution in [2.24, 2.45) is 0 Å². The summed E-state index contributed by atoms with van der Waals surface area (Å²) in [4.78, 5) is 21.3. The molecular weight excluding hydrogens is 256 g/mol. The van der Waals surface area contributed by atoms with Crippen molar-refractivity contribution < 1.29 is 0 Å². The smallest absolute Gasteiger partial charge is 0.259 e. The molecule has 0 aliphatic carbocycles. The summed E-state index contributed by atoms with van der Waals surface area (Å²) in [5.74, 6) is 0.779. The molecule has 0 fully saturated rings. The van der Waals surface area contributed by atoms with Gasteiger partial charge < -0.3 is 4.98 Å². The minimum absolute atomic E-state index is 0.0353. The Balaban J connectivity index is 2.16. The van der Waals surface area contributed by atoms with E-state index in [-0.39, 0.29) is 5.56 Å². The fourth-order valence-corrected chi connectivity index (χ4v) is 3.13. The number of rotatable bonds is 3. The predicted molar refractivity (Wildman–Crippen MR) is 79.7 cm³/mol. The second-order valence-electron chi connectivity index (χ2n) is 4.46.